The van der Waals surface area contributed by atoms with Gasteiger partial charge in [0.2, 0.25) is 0 Å². The predicted molar refractivity (Wildman–Crippen MR) is 87.1 cm³/mol. The number of carboxylic acid groups (broad SMARTS) is 1. The van der Waals surface area contributed by atoms with E-state index in [2.05, 4.69) is 0 Å². The number of ether oxygens (including phenoxy) is 1. The van der Waals surface area contributed by atoms with Crippen molar-refractivity contribution in [1.82, 2.24) is 0 Å². The highest BCUT2D eigenvalue weighted by molar-refractivity contribution is 6.46. The molecule has 0 aliphatic carbocycles. The van der Waals surface area contributed by atoms with Gasteiger partial charge in [-0.2, -0.15) is 0 Å². The van der Waals surface area contributed by atoms with Crippen LogP contribution in [0.4, 0.5) is 0 Å². The molecule has 2 aromatic rings. The van der Waals surface area contributed by atoms with E-state index < -0.39 is 12.1 Å². The smallest absolute Gasteiger partial charge is 0.345 e. The summed E-state index contributed by atoms with van der Waals surface area (Å²) in [5.41, 5.74) is 0.987. The fraction of sp³-hybridized carbons (Fsp3) is 0.125. The van der Waals surface area contributed by atoms with Crippen LogP contribution < -0.4 is 4.74 Å². The number of hydrogen-bond acceptors (Lipinski definition) is 3. The Morgan fingerprint density at radius 3 is 2.43 bits per heavy atom. The third-order valence-corrected chi connectivity index (χ3v) is 4.72. The van der Waals surface area contributed by atoms with Crippen molar-refractivity contribution in [3.05, 3.63) is 62.1 Å². The van der Waals surface area contributed by atoms with E-state index in [4.69, 9.17) is 44.6 Å². The number of hydrogen-bond donors (Lipinski definition) is 1. The van der Waals surface area contributed by atoms with Gasteiger partial charge in [0.25, 0.3) is 0 Å². The lowest BCUT2D eigenvalue weighted by Gasteiger charge is -2.10. The molecular formula is C16H9Cl3O4. The maximum Gasteiger partial charge on any atom is 0.345 e. The van der Waals surface area contributed by atoms with Crippen LogP contribution in [0.1, 0.15) is 21.5 Å². The van der Waals surface area contributed by atoms with E-state index in [0.29, 0.717) is 16.1 Å². The summed E-state index contributed by atoms with van der Waals surface area (Å²) in [4.78, 5) is 23.7. The Morgan fingerprint density at radius 1 is 1.09 bits per heavy atom. The van der Waals surface area contributed by atoms with Crippen LogP contribution in [0.15, 0.2) is 30.3 Å². The van der Waals surface area contributed by atoms with E-state index in [0.717, 1.165) is 0 Å². The Hall–Kier alpha value is -1.75. The molecule has 3 rings (SSSR count). The maximum atomic E-state index is 12.7. The molecule has 0 spiro atoms. The number of benzene rings is 2. The van der Waals surface area contributed by atoms with E-state index >= 15 is 0 Å². The third-order valence-electron chi connectivity index (χ3n) is 3.54. The van der Waals surface area contributed by atoms with Gasteiger partial charge in [-0.1, -0.05) is 46.9 Å². The number of fused-ring (bicyclic) bond motifs is 1. The Bertz CT molecular complexity index is 832. The first kappa shape index (κ1) is 16.1. The van der Waals surface area contributed by atoms with Crippen LogP contribution in [0, 0.1) is 0 Å². The average Bonchev–Trinajstić information content (AvgIpc) is 2.95. The minimum absolute atomic E-state index is 0.0152. The van der Waals surface area contributed by atoms with Crippen LogP contribution in [0.3, 0.4) is 0 Å². The van der Waals surface area contributed by atoms with Crippen molar-refractivity contribution in [2.24, 2.45) is 0 Å². The van der Waals surface area contributed by atoms with Gasteiger partial charge < -0.3 is 9.84 Å². The lowest BCUT2D eigenvalue weighted by Crippen LogP contribution is -2.24. The summed E-state index contributed by atoms with van der Waals surface area (Å²) in [6, 6.07) is 8.09. The van der Waals surface area contributed by atoms with E-state index in [-0.39, 0.29) is 33.6 Å². The average molecular weight is 372 g/mol. The van der Waals surface area contributed by atoms with Crippen LogP contribution in [-0.2, 0) is 11.2 Å². The highest BCUT2D eigenvalue weighted by Gasteiger charge is 2.33. The zero-order valence-corrected chi connectivity index (χ0v) is 13.7. The van der Waals surface area contributed by atoms with Gasteiger partial charge in [-0.05, 0) is 18.2 Å². The molecule has 0 radical (unpaired) electrons. The van der Waals surface area contributed by atoms with Gasteiger partial charge in [0.15, 0.2) is 11.9 Å². The Kier molecular flexibility index (Phi) is 4.23. The minimum atomic E-state index is -1.10. The van der Waals surface area contributed by atoms with E-state index in [1.54, 1.807) is 24.3 Å². The first-order chi connectivity index (χ1) is 10.9. The standard InChI is InChI=1S/C16H9Cl3O4/c17-10-4-2-1-3-8(10)14(20)9-5-7-6-11(16(21)22)23-15(7)13(19)12(9)18/h1-5,11H,6H2,(H,21,22). The van der Waals surface area contributed by atoms with Gasteiger partial charge >= 0.3 is 5.97 Å². The highest BCUT2D eigenvalue weighted by atomic mass is 35.5. The van der Waals surface area contributed by atoms with Crippen LogP contribution in [0.25, 0.3) is 0 Å². The number of ketones is 1. The molecule has 1 atom stereocenters. The Labute approximate surface area is 146 Å². The molecule has 0 saturated carbocycles. The quantitative estimate of drug-likeness (QED) is 0.819. The summed E-state index contributed by atoms with van der Waals surface area (Å²) in [5.74, 6) is -1.28. The topological polar surface area (TPSA) is 63.6 Å². The molecule has 1 aliphatic rings. The van der Waals surface area contributed by atoms with Crippen molar-refractivity contribution in [3.8, 4) is 5.75 Å². The fourth-order valence-corrected chi connectivity index (χ4v) is 3.13. The number of carbonyl (C=O) groups excluding carboxylic acids is 1. The predicted octanol–water partition coefficient (Wildman–Crippen LogP) is 4.27. The normalized spacial score (nSPS) is 15.9. The van der Waals surface area contributed by atoms with Gasteiger partial charge in [-0.3, -0.25) is 4.79 Å². The Morgan fingerprint density at radius 2 is 1.78 bits per heavy atom. The molecule has 0 bridgehead atoms. The molecule has 0 aromatic heterocycles. The minimum Gasteiger partial charge on any atom is -0.478 e. The molecule has 2 aromatic carbocycles. The number of halogens is 3. The summed E-state index contributed by atoms with van der Waals surface area (Å²) >= 11 is 18.4. The van der Waals surface area contributed by atoms with Crippen molar-refractivity contribution in [1.29, 1.82) is 0 Å². The van der Waals surface area contributed by atoms with Gasteiger partial charge in [-0.15, -0.1) is 0 Å². The molecule has 1 aliphatic heterocycles. The molecule has 118 valence electrons. The van der Waals surface area contributed by atoms with Crippen molar-refractivity contribution in [2.45, 2.75) is 12.5 Å². The molecule has 7 heteroatoms. The van der Waals surface area contributed by atoms with Crippen molar-refractivity contribution >= 4 is 46.6 Å². The second kappa shape index (κ2) is 6.04. The molecule has 1 N–H and O–H groups in total. The van der Waals surface area contributed by atoms with Crippen LogP contribution in [0.2, 0.25) is 15.1 Å². The molecule has 1 unspecified atom stereocenters. The SMILES string of the molecule is O=C(c1ccccc1Cl)c1cc2c(c(Cl)c1Cl)OC(C(=O)O)C2. The Balaban J connectivity index is 2.08. The van der Waals surface area contributed by atoms with Crippen molar-refractivity contribution < 1.29 is 19.4 Å². The molecule has 4 nitrogen and oxygen atoms in total. The zero-order valence-electron chi connectivity index (χ0n) is 11.5. The van der Waals surface area contributed by atoms with Gasteiger partial charge in [0.1, 0.15) is 10.8 Å². The summed E-state index contributed by atoms with van der Waals surface area (Å²) in [6.07, 6.45) is -0.922. The lowest BCUT2D eigenvalue weighted by molar-refractivity contribution is -0.144. The van der Waals surface area contributed by atoms with Crippen LogP contribution in [-0.4, -0.2) is 23.0 Å². The summed E-state index contributed by atoms with van der Waals surface area (Å²) < 4.78 is 5.29. The van der Waals surface area contributed by atoms with E-state index in [1.807, 2.05) is 0 Å². The first-order valence-electron chi connectivity index (χ1n) is 6.59. The second-order valence-corrected chi connectivity index (χ2v) is 6.16. The van der Waals surface area contributed by atoms with Crippen LogP contribution in [0.5, 0.6) is 5.75 Å². The number of rotatable bonds is 3. The van der Waals surface area contributed by atoms with Gasteiger partial charge in [-0.25, -0.2) is 4.79 Å². The second-order valence-electron chi connectivity index (χ2n) is 5.00. The molecular weight excluding hydrogens is 363 g/mol. The molecule has 0 fully saturated rings. The van der Waals surface area contributed by atoms with Gasteiger partial charge in [0.05, 0.1) is 10.0 Å². The molecule has 0 saturated heterocycles. The van der Waals surface area contributed by atoms with E-state index in [1.165, 1.54) is 6.07 Å². The summed E-state index contributed by atoms with van der Waals surface area (Å²) in [5, 5.41) is 9.40. The first-order valence-corrected chi connectivity index (χ1v) is 7.73. The van der Waals surface area contributed by atoms with Gasteiger partial charge in [0, 0.05) is 23.1 Å². The summed E-state index contributed by atoms with van der Waals surface area (Å²) in [7, 11) is 0. The van der Waals surface area contributed by atoms with Crippen molar-refractivity contribution in [3.63, 3.8) is 0 Å². The fourth-order valence-electron chi connectivity index (χ4n) is 2.42. The van der Waals surface area contributed by atoms with Crippen molar-refractivity contribution in [2.75, 3.05) is 0 Å². The summed E-state index contributed by atoms with van der Waals surface area (Å²) in [6.45, 7) is 0. The third kappa shape index (κ3) is 2.78. The lowest BCUT2D eigenvalue weighted by atomic mass is 9.99. The number of aliphatic carboxylic acids is 1. The molecule has 1 heterocycles. The zero-order chi connectivity index (χ0) is 16.7. The maximum absolute atomic E-state index is 12.7. The molecule has 23 heavy (non-hydrogen) atoms. The number of carboxylic acids is 1. The monoisotopic (exact) mass is 370 g/mol. The molecule has 0 amide bonds. The van der Waals surface area contributed by atoms with Crippen LogP contribution >= 0.6 is 34.8 Å². The number of carbonyl (C=O) groups is 2. The highest BCUT2D eigenvalue weighted by Crippen LogP contribution is 2.43. The largest absolute Gasteiger partial charge is 0.478 e. The van der Waals surface area contributed by atoms with E-state index in [9.17, 15) is 9.59 Å².